The molecule has 1 radical (unpaired) electrons. The second kappa shape index (κ2) is 5.08. The van der Waals surface area contributed by atoms with Gasteiger partial charge in [0, 0.05) is 0 Å². The Balaban J connectivity index is 3.39. The lowest BCUT2D eigenvalue weighted by Crippen LogP contribution is -2.40. The highest BCUT2D eigenvalue weighted by Crippen LogP contribution is 1.78. The molecule has 0 aliphatic carbocycles. The fourth-order valence-electron chi connectivity index (χ4n) is 0.379. The van der Waals surface area contributed by atoms with E-state index in [0.29, 0.717) is 19.2 Å². The van der Waals surface area contributed by atoms with Crippen LogP contribution in [0.5, 0.6) is 0 Å². The van der Waals surface area contributed by atoms with Crippen LogP contribution in [0.3, 0.4) is 0 Å². The molecule has 51 valence electrons. The monoisotopic (exact) mass is 129 g/mol. The summed E-state index contributed by atoms with van der Waals surface area (Å²) in [5, 5.41) is 4.70. The summed E-state index contributed by atoms with van der Waals surface area (Å²) in [5.74, 6) is 0. The van der Waals surface area contributed by atoms with E-state index in [0.717, 1.165) is 0 Å². The van der Waals surface area contributed by atoms with Gasteiger partial charge >= 0.3 is 0 Å². The van der Waals surface area contributed by atoms with Crippen molar-refractivity contribution in [1.29, 1.82) is 0 Å². The standard InChI is InChI=1S/C5H9N2O2/c1-2-5(6-3-8)7-4-9/h3-5H,1-2H2,(H,6,8)(H,7,9). The third-order valence-electron chi connectivity index (χ3n) is 0.827. The van der Waals surface area contributed by atoms with E-state index in [4.69, 9.17) is 0 Å². The first kappa shape index (κ1) is 7.94. The number of carbonyl (C=O) groups excluding carboxylic acids is 2. The van der Waals surface area contributed by atoms with Crippen LogP contribution >= 0.6 is 0 Å². The lowest BCUT2D eigenvalue weighted by Gasteiger charge is -2.10. The highest BCUT2D eigenvalue weighted by atomic mass is 16.1. The first-order valence-electron chi connectivity index (χ1n) is 2.53. The van der Waals surface area contributed by atoms with Crippen LogP contribution in [0.25, 0.3) is 0 Å². The summed E-state index contributed by atoms with van der Waals surface area (Å²) < 4.78 is 0. The topological polar surface area (TPSA) is 58.2 Å². The molecule has 0 bridgehead atoms. The Morgan fingerprint density at radius 1 is 1.33 bits per heavy atom. The molecule has 0 aromatic rings. The lowest BCUT2D eigenvalue weighted by molar-refractivity contribution is -0.112. The van der Waals surface area contributed by atoms with Crippen molar-refractivity contribution in [2.24, 2.45) is 0 Å². The van der Waals surface area contributed by atoms with Gasteiger partial charge in [-0.1, -0.05) is 0 Å². The summed E-state index contributed by atoms with van der Waals surface area (Å²) in [6.07, 6.45) is 1.15. The van der Waals surface area contributed by atoms with Crippen molar-refractivity contribution < 1.29 is 9.59 Å². The normalized spacial score (nSPS) is 8.67. The predicted octanol–water partition coefficient (Wildman–Crippen LogP) is -0.971. The van der Waals surface area contributed by atoms with Crippen LogP contribution in [0.2, 0.25) is 0 Å². The van der Waals surface area contributed by atoms with Gasteiger partial charge in [0.2, 0.25) is 12.8 Å². The van der Waals surface area contributed by atoms with Gasteiger partial charge in [-0.3, -0.25) is 9.59 Å². The molecule has 4 heteroatoms. The minimum atomic E-state index is -0.333. The van der Waals surface area contributed by atoms with Crippen LogP contribution in [0.4, 0.5) is 0 Å². The summed E-state index contributed by atoms with van der Waals surface area (Å²) in [5.41, 5.74) is 0. The molecule has 0 saturated carbocycles. The number of carbonyl (C=O) groups is 2. The van der Waals surface area contributed by atoms with Crippen molar-refractivity contribution in [2.45, 2.75) is 12.6 Å². The van der Waals surface area contributed by atoms with Gasteiger partial charge < -0.3 is 10.6 Å². The largest absolute Gasteiger partial charge is 0.339 e. The molecular weight excluding hydrogens is 120 g/mol. The highest BCUT2D eigenvalue weighted by molar-refractivity contribution is 5.50. The van der Waals surface area contributed by atoms with Gasteiger partial charge in [-0.05, 0) is 13.3 Å². The van der Waals surface area contributed by atoms with Crippen molar-refractivity contribution >= 4 is 12.8 Å². The highest BCUT2D eigenvalue weighted by Gasteiger charge is 1.98. The van der Waals surface area contributed by atoms with Crippen LogP contribution in [0.1, 0.15) is 6.42 Å². The summed E-state index contributed by atoms with van der Waals surface area (Å²) in [4.78, 5) is 19.5. The third kappa shape index (κ3) is 3.52. The van der Waals surface area contributed by atoms with E-state index < -0.39 is 0 Å². The quantitative estimate of drug-likeness (QED) is 0.370. The van der Waals surface area contributed by atoms with Crippen LogP contribution in [0.15, 0.2) is 0 Å². The maximum absolute atomic E-state index is 9.75. The molecule has 9 heavy (non-hydrogen) atoms. The van der Waals surface area contributed by atoms with Crippen molar-refractivity contribution in [2.75, 3.05) is 0 Å². The zero-order chi connectivity index (χ0) is 7.11. The van der Waals surface area contributed by atoms with Gasteiger partial charge in [-0.15, -0.1) is 0 Å². The fourth-order valence-corrected chi connectivity index (χ4v) is 0.379. The minimum absolute atomic E-state index is 0.333. The molecule has 0 heterocycles. The van der Waals surface area contributed by atoms with Gasteiger partial charge in [0.25, 0.3) is 0 Å². The van der Waals surface area contributed by atoms with Gasteiger partial charge in [-0.25, -0.2) is 0 Å². The van der Waals surface area contributed by atoms with Crippen molar-refractivity contribution in [3.8, 4) is 0 Å². The molecule has 2 N–H and O–H groups in total. The van der Waals surface area contributed by atoms with Crippen LogP contribution in [-0.2, 0) is 9.59 Å². The van der Waals surface area contributed by atoms with E-state index in [2.05, 4.69) is 17.6 Å². The molecule has 0 aliphatic heterocycles. The Hall–Kier alpha value is -1.06. The summed E-state index contributed by atoms with van der Waals surface area (Å²) >= 11 is 0. The summed E-state index contributed by atoms with van der Waals surface area (Å²) in [6.45, 7) is 3.48. The molecule has 2 amide bonds. The summed E-state index contributed by atoms with van der Waals surface area (Å²) in [6, 6.07) is 0. The summed E-state index contributed by atoms with van der Waals surface area (Å²) in [7, 11) is 0. The Morgan fingerprint density at radius 3 is 2.00 bits per heavy atom. The maximum Gasteiger partial charge on any atom is 0.208 e. The van der Waals surface area contributed by atoms with E-state index in [9.17, 15) is 9.59 Å². The Labute approximate surface area is 53.6 Å². The average Bonchev–Trinajstić information content (AvgIpc) is 1.88. The van der Waals surface area contributed by atoms with Crippen LogP contribution < -0.4 is 10.6 Å². The zero-order valence-electron chi connectivity index (χ0n) is 4.96. The predicted molar refractivity (Wildman–Crippen MR) is 32.2 cm³/mol. The van der Waals surface area contributed by atoms with Crippen molar-refractivity contribution in [3.05, 3.63) is 6.92 Å². The number of nitrogens with one attached hydrogen (secondary N) is 2. The Morgan fingerprint density at radius 2 is 1.78 bits per heavy atom. The maximum atomic E-state index is 9.75. The van der Waals surface area contributed by atoms with Crippen molar-refractivity contribution in [1.82, 2.24) is 10.6 Å². The van der Waals surface area contributed by atoms with E-state index in [1.165, 1.54) is 0 Å². The smallest absolute Gasteiger partial charge is 0.208 e. The molecule has 0 unspecified atom stereocenters. The SMILES string of the molecule is [CH2]CC(NC=O)NC=O. The Kier molecular flexibility index (Phi) is 4.49. The molecule has 0 fully saturated rings. The van der Waals surface area contributed by atoms with Crippen LogP contribution in [-0.4, -0.2) is 19.0 Å². The molecule has 0 aliphatic rings. The molecule has 0 rings (SSSR count). The molecule has 0 atom stereocenters. The Bertz CT molecular complexity index is 85.0. The van der Waals surface area contributed by atoms with Crippen LogP contribution in [0, 0.1) is 6.92 Å². The van der Waals surface area contributed by atoms with Gasteiger partial charge in [0.15, 0.2) is 0 Å². The first-order chi connectivity index (χ1) is 4.35. The number of hydrogen-bond acceptors (Lipinski definition) is 2. The van der Waals surface area contributed by atoms with E-state index in [-0.39, 0.29) is 6.17 Å². The molecule has 0 spiro atoms. The van der Waals surface area contributed by atoms with E-state index in [1.807, 2.05) is 0 Å². The first-order valence-corrected chi connectivity index (χ1v) is 2.53. The molecule has 0 aromatic carbocycles. The van der Waals surface area contributed by atoms with Gasteiger partial charge in [0.1, 0.15) is 6.17 Å². The van der Waals surface area contributed by atoms with E-state index in [1.54, 1.807) is 0 Å². The van der Waals surface area contributed by atoms with Crippen molar-refractivity contribution in [3.63, 3.8) is 0 Å². The fraction of sp³-hybridized carbons (Fsp3) is 0.400. The van der Waals surface area contributed by atoms with Gasteiger partial charge in [-0.2, -0.15) is 0 Å². The van der Waals surface area contributed by atoms with E-state index >= 15 is 0 Å². The average molecular weight is 129 g/mol. The zero-order valence-corrected chi connectivity index (χ0v) is 4.96. The minimum Gasteiger partial charge on any atom is -0.339 e. The number of hydrogen-bond donors (Lipinski definition) is 2. The third-order valence-corrected chi connectivity index (χ3v) is 0.827. The second-order valence-electron chi connectivity index (χ2n) is 1.41. The lowest BCUT2D eigenvalue weighted by atomic mass is 10.4. The molecular formula is C5H9N2O2. The molecule has 0 saturated heterocycles. The molecule has 0 aromatic heterocycles. The second-order valence-corrected chi connectivity index (χ2v) is 1.41. The van der Waals surface area contributed by atoms with Gasteiger partial charge in [0.05, 0.1) is 0 Å². The number of amides is 2. The molecule has 4 nitrogen and oxygen atoms in total. The number of rotatable bonds is 5.